The van der Waals surface area contributed by atoms with Crippen molar-refractivity contribution in [2.24, 2.45) is 0 Å². The van der Waals surface area contributed by atoms with Crippen LogP contribution in [0.25, 0.3) is 11.0 Å². The highest BCUT2D eigenvalue weighted by Crippen LogP contribution is 2.43. The molecule has 0 saturated carbocycles. The van der Waals surface area contributed by atoms with Gasteiger partial charge in [-0.2, -0.15) is 8.78 Å². The van der Waals surface area contributed by atoms with Gasteiger partial charge in [-0.05, 0) is 61.5 Å². The summed E-state index contributed by atoms with van der Waals surface area (Å²) in [7, 11) is 0. The number of ether oxygens (including phenoxy) is 1. The van der Waals surface area contributed by atoms with Crippen LogP contribution in [0.4, 0.5) is 20.4 Å². The summed E-state index contributed by atoms with van der Waals surface area (Å²) in [4.78, 5) is 18.3. The third-order valence-electron chi connectivity index (χ3n) is 5.66. The summed E-state index contributed by atoms with van der Waals surface area (Å²) in [6, 6.07) is 17.5. The predicted molar refractivity (Wildman–Crippen MR) is 132 cm³/mol. The van der Waals surface area contributed by atoms with Crippen LogP contribution < -0.4 is 15.4 Å². The minimum absolute atomic E-state index is 0.0929. The number of rotatable bonds is 5. The molecule has 0 radical (unpaired) electrons. The van der Waals surface area contributed by atoms with E-state index in [0.29, 0.717) is 44.0 Å². The largest absolute Gasteiger partial charge is 0.434 e. The van der Waals surface area contributed by atoms with Crippen molar-refractivity contribution in [2.75, 3.05) is 10.6 Å². The smallest absolute Gasteiger partial charge is 0.387 e. The highest BCUT2D eigenvalue weighted by Gasteiger charge is 2.36. The molecule has 2 N–H and O–H groups in total. The highest BCUT2D eigenvalue weighted by atomic mass is 35.5. The van der Waals surface area contributed by atoms with Crippen LogP contribution in [0.5, 0.6) is 5.75 Å². The maximum absolute atomic E-state index is 13.6. The standard InChI is InChI=1S/C25H18Cl2F2N4O2/c1-13-21(23(34)31-16-9-6-14(26)7-10-16)22(17-12-15(27)8-11-20(17)35-24(28)29)33-19-5-3-2-4-18(19)32-25(33)30-13/h2-12,22,24H,1H3,(H,30,32)(H,31,34)/t22-/m0/s1. The van der Waals surface area contributed by atoms with E-state index in [0.717, 1.165) is 0 Å². The molecule has 1 amide bonds. The number of fused-ring (bicyclic) bond motifs is 3. The van der Waals surface area contributed by atoms with Gasteiger partial charge in [-0.1, -0.05) is 35.3 Å². The van der Waals surface area contributed by atoms with E-state index in [1.165, 1.54) is 18.2 Å². The number of carbonyl (C=O) groups is 1. The normalized spacial score (nSPS) is 15.2. The first-order valence-corrected chi connectivity index (χ1v) is 11.3. The first-order chi connectivity index (χ1) is 16.8. The van der Waals surface area contributed by atoms with Gasteiger partial charge in [0.25, 0.3) is 5.91 Å². The maximum atomic E-state index is 13.6. The number of amides is 1. The molecule has 35 heavy (non-hydrogen) atoms. The van der Waals surface area contributed by atoms with Gasteiger partial charge in [0.1, 0.15) is 5.75 Å². The lowest BCUT2D eigenvalue weighted by Crippen LogP contribution is -2.31. The molecule has 1 aliphatic heterocycles. The summed E-state index contributed by atoms with van der Waals surface area (Å²) in [5.41, 5.74) is 2.99. The van der Waals surface area contributed by atoms with Crippen molar-refractivity contribution in [3.63, 3.8) is 0 Å². The molecule has 178 valence electrons. The fraction of sp³-hybridized carbons (Fsp3) is 0.120. The van der Waals surface area contributed by atoms with E-state index in [2.05, 4.69) is 15.6 Å². The molecular weight excluding hydrogens is 497 g/mol. The molecule has 0 saturated heterocycles. The highest BCUT2D eigenvalue weighted by molar-refractivity contribution is 6.31. The summed E-state index contributed by atoms with van der Waals surface area (Å²) in [6.45, 7) is -1.34. The Kier molecular flexibility index (Phi) is 6.08. The van der Waals surface area contributed by atoms with E-state index in [1.807, 2.05) is 24.3 Å². The second kappa shape index (κ2) is 9.20. The van der Waals surface area contributed by atoms with Gasteiger partial charge >= 0.3 is 6.61 Å². The Bertz CT molecular complexity index is 1470. The van der Waals surface area contributed by atoms with Crippen LogP contribution in [0.15, 0.2) is 78.0 Å². The minimum atomic E-state index is -3.06. The van der Waals surface area contributed by atoms with Crippen molar-refractivity contribution in [2.45, 2.75) is 19.6 Å². The SMILES string of the molecule is CC1=C(C(=O)Nc2ccc(Cl)cc2)[C@H](c2cc(Cl)ccc2OC(F)F)n2c(nc3ccccc32)N1. The number of anilines is 2. The number of alkyl halides is 2. The van der Waals surface area contributed by atoms with Crippen molar-refractivity contribution in [1.29, 1.82) is 0 Å². The second-order valence-corrected chi connectivity index (χ2v) is 8.75. The molecule has 2 heterocycles. The van der Waals surface area contributed by atoms with Crippen LogP contribution in [-0.2, 0) is 4.79 Å². The zero-order valence-corrected chi connectivity index (χ0v) is 19.7. The molecule has 6 nitrogen and oxygen atoms in total. The van der Waals surface area contributed by atoms with Crippen molar-refractivity contribution in [3.8, 4) is 5.75 Å². The fourth-order valence-electron chi connectivity index (χ4n) is 4.22. The molecule has 0 spiro atoms. The topological polar surface area (TPSA) is 68.2 Å². The number of aromatic nitrogens is 2. The van der Waals surface area contributed by atoms with E-state index in [9.17, 15) is 13.6 Å². The zero-order valence-electron chi connectivity index (χ0n) is 18.2. The van der Waals surface area contributed by atoms with E-state index >= 15 is 0 Å². The number of nitrogens with zero attached hydrogens (tertiary/aromatic N) is 2. The number of benzene rings is 3. The molecule has 0 bridgehead atoms. The molecule has 1 aliphatic rings. The van der Waals surface area contributed by atoms with E-state index in [4.69, 9.17) is 27.9 Å². The predicted octanol–water partition coefficient (Wildman–Crippen LogP) is 6.87. The summed E-state index contributed by atoms with van der Waals surface area (Å²) in [5.74, 6) is -0.0712. The van der Waals surface area contributed by atoms with Crippen molar-refractivity contribution in [1.82, 2.24) is 9.55 Å². The minimum Gasteiger partial charge on any atom is -0.434 e. The number of hydrogen-bond acceptors (Lipinski definition) is 4. The molecule has 0 fully saturated rings. The van der Waals surface area contributed by atoms with Gasteiger partial charge in [0.05, 0.1) is 22.6 Å². The number of para-hydroxylation sites is 2. The molecule has 5 rings (SSSR count). The van der Waals surface area contributed by atoms with Crippen molar-refractivity contribution < 1.29 is 18.3 Å². The van der Waals surface area contributed by atoms with Gasteiger partial charge < -0.3 is 15.4 Å². The van der Waals surface area contributed by atoms with E-state index in [-0.39, 0.29) is 11.3 Å². The number of nitrogens with one attached hydrogen (secondary N) is 2. The quantitative estimate of drug-likeness (QED) is 0.304. The molecule has 1 aromatic heterocycles. The van der Waals surface area contributed by atoms with Crippen LogP contribution >= 0.6 is 23.2 Å². The van der Waals surface area contributed by atoms with Crippen LogP contribution in [0, 0.1) is 0 Å². The van der Waals surface area contributed by atoms with Crippen molar-refractivity contribution >= 4 is 51.8 Å². The van der Waals surface area contributed by atoms with Gasteiger partial charge in [0.2, 0.25) is 5.95 Å². The molecule has 0 unspecified atom stereocenters. The number of allylic oxidation sites excluding steroid dienone is 1. The Hall–Kier alpha value is -3.62. The summed E-state index contributed by atoms with van der Waals surface area (Å²) < 4.78 is 33.3. The van der Waals surface area contributed by atoms with Gasteiger partial charge in [-0.3, -0.25) is 9.36 Å². The second-order valence-electron chi connectivity index (χ2n) is 7.88. The molecular formula is C25H18Cl2F2N4O2. The Morgan fingerprint density at radius 2 is 1.80 bits per heavy atom. The summed E-state index contributed by atoms with van der Waals surface area (Å²) in [5, 5.41) is 6.87. The van der Waals surface area contributed by atoms with Gasteiger partial charge in [-0.25, -0.2) is 4.98 Å². The Labute approximate surface area is 209 Å². The molecule has 0 aliphatic carbocycles. The number of imidazole rings is 1. The van der Waals surface area contributed by atoms with Gasteiger partial charge in [-0.15, -0.1) is 0 Å². The Morgan fingerprint density at radius 1 is 1.09 bits per heavy atom. The third-order valence-corrected chi connectivity index (χ3v) is 6.15. The summed E-state index contributed by atoms with van der Waals surface area (Å²) >= 11 is 12.3. The number of carbonyl (C=O) groups excluding carboxylic acids is 1. The molecule has 1 atom stereocenters. The maximum Gasteiger partial charge on any atom is 0.387 e. The lowest BCUT2D eigenvalue weighted by atomic mass is 9.93. The first-order valence-electron chi connectivity index (χ1n) is 10.6. The average molecular weight is 515 g/mol. The van der Waals surface area contributed by atoms with E-state index < -0.39 is 18.6 Å². The monoisotopic (exact) mass is 514 g/mol. The molecule has 10 heteroatoms. The fourth-order valence-corrected chi connectivity index (χ4v) is 4.53. The Morgan fingerprint density at radius 3 is 2.54 bits per heavy atom. The number of hydrogen-bond donors (Lipinski definition) is 2. The third kappa shape index (κ3) is 4.42. The van der Waals surface area contributed by atoms with Crippen LogP contribution in [0.2, 0.25) is 10.0 Å². The van der Waals surface area contributed by atoms with E-state index in [1.54, 1.807) is 35.8 Å². The Balaban J connectivity index is 1.71. The van der Waals surface area contributed by atoms with Crippen LogP contribution in [0.3, 0.4) is 0 Å². The zero-order chi connectivity index (χ0) is 24.7. The lowest BCUT2D eigenvalue weighted by molar-refractivity contribution is -0.113. The lowest BCUT2D eigenvalue weighted by Gasteiger charge is -2.31. The average Bonchev–Trinajstić information content (AvgIpc) is 3.18. The molecule has 3 aromatic carbocycles. The van der Waals surface area contributed by atoms with Crippen LogP contribution in [-0.4, -0.2) is 22.1 Å². The van der Waals surface area contributed by atoms with Gasteiger partial charge in [0, 0.05) is 27.0 Å². The summed E-state index contributed by atoms with van der Waals surface area (Å²) in [6.07, 6.45) is 0. The van der Waals surface area contributed by atoms with Crippen LogP contribution in [0.1, 0.15) is 18.5 Å². The number of halogens is 4. The van der Waals surface area contributed by atoms with Gasteiger partial charge in [0.15, 0.2) is 0 Å². The van der Waals surface area contributed by atoms with Crippen molar-refractivity contribution in [3.05, 3.63) is 93.6 Å². The molecule has 4 aromatic rings. The first kappa shape index (κ1) is 23.1.